The number of nitriles is 1. The number of aliphatic imine (C=N–C) groups is 1. The molecule has 1 aliphatic carbocycles. The van der Waals surface area contributed by atoms with Crippen LogP contribution in [0.25, 0.3) is 0 Å². The number of rotatable bonds is 9. The Bertz CT molecular complexity index is 1510. The van der Waals surface area contributed by atoms with Crippen LogP contribution >= 0.6 is 23.2 Å². The largest absolute Gasteiger partial charge is 0.430 e. The Morgan fingerprint density at radius 2 is 1.88 bits per heavy atom. The Hall–Kier alpha value is -3.84. The third-order valence-electron chi connectivity index (χ3n) is 6.14. The van der Waals surface area contributed by atoms with Crippen LogP contribution in [0.15, 0.2) is 83.5 Å². The summed E-state index contributed by atoms with van der Waals surface area (Å²) in [5.74, 6) is -0.348. The lowest BCUT2D eigenvalue weighted by Gasteiger charge is -2.22. The number of nitrogens with one attached hydrogen (secondary N) is 2. The van der Waals surface area contributed by atoms with E-state index >= 15 is 0 Å². The van der Waals surface area contributed by atoms with Gasteiger partial charge in [0.25, 0.3) is 5.91 Å². The van der Waals surface area contributed by atoms with E-state index in [0.29, 0.717) is 27.7 Å². The standard InChI is InChI=1S/C29H24Cl2F3N5O/c30-20-9-10-23(24(31)13-20)27(37-16-17-7-8-17)19-4-2-6-22(12-19)39-28(40)25(14-26(36)29(32,33)34)38-21-5-1-3-18(11-21)15-35/h1-6,9-14,17,27,37H,7-8,16,36H2,(H,39,40). The molecule has 40 heavy (non-hydrogen) atoms. The highest BCUT2D eigenvalue weighted by Crippen LogP contribution is 2.34. The summed E-state index contributed by atoms with van der Waals surface area (Å²) in [4.78, 5) is 17.2. The smallest absolute Gasteiger partial charge is 0.395 e. The van der Waals surface area contributed by atoms with Gasteiger partial charge < -0.3 is 16.4 Å². The van der Waals surface area contributed by atoms with E-state index in [4.69, 9.17) is 34.2 Å². The van der Waals surface area contributed by atoms with E-state index in [1.165, 1.54) is 24.3 Å². The van der Waals surface area contributed by atoms with Crippen molar-refractivity contribution in [2.24, 2.45) is 16.6 Å². The van der Waals surface area contributed by atoms with Crippen LogP contribution < -0.4 is 16.4 Å². The van der Waals surface area contributed by atoms with Gasteiger partial charge in [0.1, 0.15) is 11.4 Å². The van der Waals surface area contributed by atoms with Crippen molar-refractivity contribution in [3.8, 4) is 6.07 Å². The van der Waals surface area contributed by atoms with Gasteiger partial charge in [-0.15, -0.1) is 0 Å². The van der Waals surface area contributed by atoms with E-state index in [9.17, 15) is 18.0 Å². The van der Waals surface area contributed by atoms with Gasteiger partial charge in [-0.3, -0.25) is 4.79 Å². The summed E-state index contributed by atoms with van der Waals surface area (Å²) in [5, 5.41) is 16.2. The minimum Gasteiger partial charge on any atom is -0.395 e. The van der Waals surface area contributed by atoms with E-state index < -0.39 is 23.5 Å². The quantitative estimate of drug-likeness (QED) is 0.234. The predicted octanol–water partition coefficient (Wildman–Crippen LogP) is 7.07. The molecule has 0 heterocycles. The number of anilines is 1. The molecule has 0 spiro atoms. The normalized spacial score (nSPS) is 14.9. The molecule has 1 aliphatic rings. The molecule has 0 saturated heterocycles. The van der Waals surface area contributed by atoms with E-state index in [1.807, 2.05) is 18.2 Å². The van der Waals surface area contributed by atoms with Crippen molar-refractivity contribution in [2.75, 3.05) is 11.9 Å². The maximum Gasteiger partial charge on any atom is 0.430 e. The number of amides is 1. The zero-order valence-corrected chi connectivity index (χ0v) is 22.5. The summed E-state index contributed by atoms with van der Waals surface area (Å²) < 4.78 is 39.6. The third kappa shape index (κ3) is 7.85. The van der Waals surface area contributed by atoms with Crippen molar-refractivity contribution in [1.29, 1.82) is 5.26 Å². The van der Waals surface area contributed by atoms with Gasteiger partial charge in [0.2, 0.25) is 0 Å². The van der Waals surface area contributed by atoms with Gasteiger partial charge >= 0.3 is 6.18 Å². The molecular formula is C29H24Cl2F3N5O. The Morgan fingerprint density at radius 1 is 1.12 bits per heavy atom. The molecule has 206 valence electrons. The van der Waals surface area contributed by atoms with Gasteiger partial charge in [0.15, 0.2) is 0 Å². The van der Waals surface area contributed by atoms with Crippen LogP contribution in [0.4, 0.5) is 24.5 Å². The van der Waals surface area contributed by atoms with Crippen LogP contribution in [-0.4, -0.2) is 24.3 Å². The van der Waals surface area contributed by atoms with Gasteiger partial charge in [-0.25, -0.2) is 4.99 Å². The number of nitrogens with zero attached hydrogens (tertiary/aromatic N) is 2. The minimum absolute atomic E-state index is 0.117. The molecule has 1 atom stereocenters. The Labute approximate surface area is 239 Å². The molecule has 1 amide bonds. The minimum atomic E-state index is -4.87. The van der Waals surface area contributed by atoms with Crippen LogP contribution in [0.1, 0.15) is 35.6 Å². The first-order valence-electron chi connectivity index (χ1n) is 12.3. The van der Waals surface area contributed by atoms with Gasteiger partial charge in [0, 0.05) is 15.7 Å². The van der Waals surface area contributed by atoms with E-state index in [0.717, 1.165) is 30.5 Å². The molecule has 0 aromatic heterocycles. The Morgan fingerprint density at radius 3 is 2.55 bits per heavy atom. The van der Waals surface area contributed by atoms with Crippen molar-refractivity contribution >= 4 is 46.2 Å². The lowest BCUT2D eigenvalue weighted by atomic mass is 9.97. The second-order valence-electron chi connectivity index (χ2n) is 9.29. The third-order valence-corrected chi connectivity index (χ3v) is 6.70. The number of benzene rings is 3. The van der Waals surface area contributed by atoms with Gasteiger partial charge in [-0.2, -0.15) is 18.4 Å². The lowest BCUT2D eigenvalue weighted by Crippen LogP contribution is -2.27. The number of nitrogens with two attached hydrogens (primary N) is 1. The van der Waals surface area contributed by atoms with Crippen molar-refractivity contribution in [2.45, 2.75) is 25.1 Å². The number of carbonyl (C=O) groups is 1. The highest BCUT2D eigenvalue weighted by Gasteiger charge is 2.32. The Balaban J connectivity index is 1.66. The molecule has 4 N–H and O–H groups in total. The van der Waals surface area contributed by atoms with E-state index in [-0.39, 0.29) is 17.3 Å². The fourth-order valence-corrected chi connectivity index (χ4v) is 4.42. The van der Waals surface area contributed by atoms with Crippen molar-refractivity contribution in [1.82, 2.24) is 5.32 Å². The first-order chi connectivity index (χ1) is 19.0. The van der Waals surface area contributed by atoms with Crippen molar-refractivity contribution in [3.63, 3.8) is 0 Å². The molecule has 0 aliphatic heterocycles. The van der Waals surface area contributed by atoms with Crippen molar-refractivity contribution < 1.29 is 18.0 Å². The second kappa shape index (κ2) is 12.6. The maximum atomic E-state index is 13.2. The number of hydrogen-bond acceptors (Lipinski definition) is 5. The molecule has 0 radical (unpaired) electrons. The first kappa shape index (κ1) is 29.2. The maximum absolute atomic E-state index is 13.2. The Kier molecular flexibility index (Phi) is 9.15. The highest BCUT2D eigenvalue weighted by atomic mass is 35.5. The summed E-state index contributed by atoms with van der Waals surface area (Å²) in [7, 11) is 0. The summed E-state index contributed by atoms with van der Waals surface area (Å²) in [6, 6.07) is 19.5. The summed E-state index contributed by atoms with van der Waals surface area (Å²) in [6.07, 6.45) is -2.13. The van der Waals surface area contributed by atoms with Gasteiger partial charge in [-0.05, 0) is 85.0 Å². The van der Waals surface area contributed by atoms with Gasteiger partial charge in [-0.1, -0.05) is 47.5 Å². The second-order valence-corrected chi connectivity index (χ2v) is 10.1. The van der Waals surface area contributed by atoms with Crippen LogP contribution in [0.5, 0.6) is 0 Å². The SMILES string of the molecule is N#Cc1cccc(N=C(C=C(N)C(F)(F)F)C(=O)Nc2cccc(C(NCC3CC3)c3ccc(Cl)cc3Cl)c2)c1. The molecular weight excluding hydrogens is 562 g/mol. The predicted molar refractivity (Wildman–Crippen MR) is 151 cm³/mol. The van der Waals surface area contributed by atoms with E-state index in [2.05, 4.69) is 15.6 Å². The molecule has 6 nitrogen and oxygen atoms in total. The molecule has 4 rings (SSSR count). The van der Waals surface area contributed by atoms with Crippen LogP contribution in [0, 0.1) is 17.2 Å². The zero-order chi connectivity index (χ0) is 28.9. The average Bonchev–Trinajstić information content (AvgIpc) is 3.74. The van der Waals surface area contributed by atoms with Crippen LogP contribution in [-0.2, 0) is 4.79 Å². The van der Waals surface area contributed by atoms with Crippen LogP contribution in [0.2, 0.25) is 10.0 Å². The molecule has 1 fully saturated rings. The molecule has 1 saturated carbocycles. The molecule has 3 aromatic rings. The zero-order valence-electron chi connectivity index (χ0n) is 21.0. The van der Waals surface area contributed by atoms with E-state index in [1.54, 1.807) is 30.3 Å². The fraction of sp³-hybridized carbons (Fsp3) is 0.207. The number of carbonyl (C=O) groups excluding carboxylic acids is 1. The first-order valence-corrected chi connectivity index (χ1v) is 13.0. The topological polar surface area (TPSA) is 103 Å². The fourth-order valence-electron chi connectivity index (χ4n) is 3.90. The van der Waals surface area contributed by atoms with Crippen LogP contribution in [0.3, 0.4) is 0 Å². The van der Waals surface area contributed by atoms with Crippen molar-refractivity contribution in [3.05, 3.63) is 105 Å². The summed E-state index contributed by atoms with van der Waals surface area (Å²) in [6.45, 7) is 0.764. The number of halogens is 5. The highest BCUT2D eigenvalue weighted by molar-refractivity contribution is 6.47. The summed E-state index contributed by atoms with van der Waals surface area (Å²) >= 11 is 12.6. The molecule has 11 heteroatoms. The average molecular weight is 586 g/mol. The molecule has 1 unspecified atom stereocenters. The molecule has 3 aromatic carbocycles. The number of allylic oxidation sites excluding steroid dienone is 1. The lowest BCUT2D eigenvalue weighted by molar-refractivity contribution is -0.110. The van der Waals surface area contributed by atoms with Gasteiger partial charge in [0.05, 0.1) is 23.4 Å². The summed E-state index contributed by atoms with van der Waals surface area (Å²) in [5.41, 5.74) is 5.35. The monoisotopic (exact) mass is 585 g/mol. The number of alkyl halides is 3. The molecule has 0 bridgehead atoms. The number of hydrogen-bond donors (Lipinski definition) is 3.